The van der Waals surface area contributed by atoms with Crippen LogP contribution in [0.2, 0.25) is 5.02 Å². The van der Waals surface area contributed by atoms with Gasteiger partial charge < -0.3 is 9.64 Å². The van der Waals surface area contributed by atoms with Crippen LogP contribution in [-0.4, -0.2) is 42.3 Å². The fraction of sp³-hybridized carbons (Fsp3) is 0.231. The number of anilines is 1. The topological polar surface area (TPSA) is 76.0 Å². The van der Waals surface area contributed by atoms with Crippen LogP contribution < -0.4 is 9.64 Å². The van der Waals surface area contributed by atoms with Crippen LogP contribution in [0.1, 0.15) is 11.1 Å². The zero-order chi connectivity index (χ0) is 24.4. The standard InChI is InChI=1S/C26H23ClN2O4S2/c27-22-9-5-4-8-19(22)14-25(30)28-26-29(23-16-35(31,32)17-24(23)34-26)20-10-12-21(13-11-20)33-15-18-6-2-1-3-7-18/h1-13,23-24H,14-17H2/t23-,24+/m1/s1. The van der Waals surface area contributed by atoms with Gasteiger partial charge in [0.05, 0.1) is 24.0 Å². The number of carbonyl (C=O) groups excluding carboxylic acids is 1. The summed E-state index contributed by atoms with van der Waals surface area (Å²) >= 11 is 7.56. The number of hydrogen-bond acceptors (Lipinski definition) is 5. The van der Waals surface area contributed by atoms with E-state index in [1.54, 1.807) is 12.1 Å². The number of ether oxygens (including phenoxy) is 1. The molecule has 0 aliphatic carbocycles. The second-order valence-electron chi connectivity index (χ2n) is 8.50. The van der Waals surface area contributed by atoms with Crippen molar-refractivity contribution in [2.45, 2.75) is 24.3 Å². The van der Waals surface area contributed by atoms with Crippen molar-refractivity contribution in [1.29, 1.82) is 0 Å². The number of amides is 1. The van der Waals surface area contributed by atoms with Gasteiger partial charge in [-0.3, -0.25) is 4.79 Å². The molecule has 2 fully saturated rings. The maximum absolute atomic E-state index is 12.8. The van der Waals surface area contributed by atoms with Crippen molar-refractivity contribution in [2.24, 2.45) is 4.99 Å². The Morgan fingerprint density at radius 2 is 1.71 bits per heavy atom. The number of amidine groups is 1. The predicted octanol–water partition coefficient (Wildman–Crippen LogP) is 4.76. The Bertz CT molecular complexity index is 1360. The summed E-state index contributed by atoms with van der Waals surface area (Å²) < 4.78 is 30.5. The first-order chi connectivity index (χ1) is 16.9. The van der Waals surface area contributed by atoms with Crippen LogP contribution in [0.25, 0.3) is 0 Å². The third kappa shape index (κ3) is 5.55. The summed E-state index contributed by atoms with van der Waals surface area (Å²) in [5, 5.41) is 0.872. The number of sulfone groups is 1. The first-order valence-corrected chi connectivity index (χ1v) is 14.2. The Morgan fingerprint density at radius 1 is 1.00 bits per heavy atom. The van der Waals surface area contributed by atoms with Crippen LogP contribution in [-0.2, 0) is 27.7 Å². The highest BCUT2D eigenvalue weighted by Crippen LogP contribution is 2.41. The minimum atomic E-state index is -3.14. The van der Waals surface area contributed by atoms with Crippen LogP contribution in [0.15, 0.2) is 83.9 Å². The van der Waals surface area contributed by atoms with E-state index in [9.17, 15) is 13.2 Å². The summed E-state index contributed by atoms with van der Waals surface area (Å²) in [5.41, 5.74) is 2.55. The van der Waals surface area contributed by atoms with E-state index in [1.807, 2.05) is 71.6 Å². The maximum atomic E-state index is 12.8. The highest BCUT2D eigenvalue weighted by atomic mass is 35.5. The molecule has 0 aromatic heterocycles. The van der Waals surface area contributed by atoms with Crippen LogP contribution in [0, 0.1) is 0 Å². The fourth-order valence-electron chi connectivity index (χ4n) is 4.26. The molecule has 0 N–H and O–H groups in total. The Labute approximate surface area is 213 Å². The lowest BCUT2D eigenvalue weighted by atomic mass is 10.1. The molecule has 2 aliphatic heterocycles. The molecule has 5 rings (SSSR count). The number of aliphatic imine (C=N–C) groups is 1. The summed E-state index contributed by atoms with van der Waals surface area (Å²) in [4.78, 5) is 19.1. The molecule has 6 nitrogen and oxygen atoms in total. The number of rotatable bonds is 6. The normalized spacial score (nSPS) is 21.7. The molecule has 2 aliphatic rings. The molecule has 0 unspecified atom stereocenters. The van der Waals surface area contributed by atoms with Gasteiger partial charge in [-0.15, -0.1) is 0 Å². The molecule has 2 saturated heterocycles. The second-order valence-corrected chi connectivity index (χ2v) is 12.3. The molecule has 180 valence electrons. The summed E-state index contributed by atoms with van der Waals surface area (Å²) in [6.07, 6.45) is 0.0808. The molecule has 0 saturated carbocycles. The highest BCUT2D eigenvalue weighted by molar-refractivity contribution is 8.16. The van der Waals surface area contributed by atoms with Gasteiger partial charge in [0.2, 0.25) is 0 Å². The van der Waals surface area contributed by atoms with Crippen molar-refractivity contribution in [2.75, 3.05) is 16.4 Å². The van der Waals surface area contributed by atoms with Gasteiger partial charge in [0.15, 0.2) is 15.0 Å². The average molecular weight is 527 g/mol. The Kier molecular flexibility index (Phi) is 6.86. The van der Waals surface area contributed by atoms with Crippen molar-refractivity contribution in [3.05, 3.63) is 95.0 Å². The van der Waals surface area contributed by atoms with Crippen molar-refractivity contribution < 1.29 is 17.9 Å². The van der Waals surface area contributed by atoms with Gasteiger partial charge in [-0.2, -0.15) is 4.99 Å². The zero-order valence-corrected chi connectivity index (χ0v) is 21.1. The number of nitrogens with zero attached hydrogens (tertiary/aromatic N) is 2. The molecule has 0 spiro atoms. The molecule has 3 aromatic rings. The first-order valence-electron chi connectivity index (χ1n) is 11.2. The van der Waals surface area contributed by atoms with Crippen molar-refractivity contribution in [3.63, 3.8) is 0 Å². The molecule has 2 heterocycles. The summed E-state index contributed by atoms with van der Waals surface area (Å²) in [7, 11) is -3.14. The summed E-state index contributed by atoms with van der Waals surface area (Å²) in [6.45, 7) is 0.450. The average Bonchev–Trinajstić information content (AvgIpc) is 3.31. The van der Waals surface area contributed by atoms with E-state index in [0.29, 0.717) is 28.1 Å². The van der Waals surface area contributed by atoms with E-state index in [-0.39, 0.29) is 35.1 Å². The third-order valence-electron chi connectivity index (χ3n) is 5.95. The Hall–Kier alpha value is -2.81. The van der Waals surface area contributed by atoms with Gasteiger partial charge >= 0.3 is 0 Å². The van der Waals surface area contributed by atoms with E-state index in [0.717, 1.165) is 11.3 Å². The minimum Gasteiger partial charge on any atom is -0.489 e. The zero-order valence-electron chi connectivity index (χ0n) is 18.7. The van der Waals surface area contributed by atoms with Crippen LogP contribution in [0.5, 0.6) is 5.75 Å². The van der Waals surface area contributed by atoms with Crippen molar-refractivity contribution in [3.8, 4) is 5.75 Å². The van der Waals surface area contributed by atoms with E-state index < -0.39 is 9.84 Å². The summed E-state index contributed by atoms with van der Waals surface area (Å²) in [6, 6.07) is 24.3. The molecular weight excluding hydrogens is 504 g/mol. The van der Waals surface area contributed by atoms with Gasteiger partial charge in [0.1, 0.15) is 12.4 Å². The van der Waals surface area contributed by atoms with Crippen LogP contribution in [0.4, 0.5) is 5.69 Å². The smallest absolute Gasteiger partial charge is 0.252 e. The lowest BCUT2D eigenvalue weighted by molar-refractivity contribution is -0.117. The predicted molar refractivity (Wildman–Crippen MR) is 141 cm³/mol. The molecule has 2 atom stereocenters. The SMILES string of the molecule is O=C(Cc1ccccc1Cl)N=C1S[C@H]2CS(=O)(=O)C[C@H]2N1c1ccc(OCc2ccccc2)cc1. The van der Waals surface area contributed by atoms with Gasteiger partial charge in [-0.25, -0.2) is 8.42 Å². The largest absolute Gasteiger partial charge is 0.489 e. The van der Waals surface area contributed by atoms with E-state index in [4.69, 9.17) is 16.3 Å². The monoisotopic (exact) mass is 526 g/mol. The van der Waals surface area contributed by atoms with E-state index in [2.05, 4.69) is 4.99 Å². The van der Waals surface area contributed by atoms with E-state index >= 15 is 0 Å². The first kappa shape index (κ1) is 23.9. The van der Waals surface area contributed by atoms with Crippen molar-refractivity contribution >= 4 is 50.0 Å². The van der Waals surface area contributed by atoms with Crippen LogP contribution >= 0.6 is 23.4 Å². The minimum absolute atomic E-state index is 0.0364. The molecule has 9 heteroatoms. The molecule has 1 amide bonds. The van der Waals surface area contributed by atoms with Crippen molar-refractivity contribution in [1.82, 2.24) is 0 Å². The summed E-state index contributed by atoms with van der Waals surface area (Å²) in [5.74, 6) is 0.494. The second kappa shape index (κ2) is 10.0. The van der Waals surface area contributed by atoms with Gasteiger partial charge in [-0.1, -0.05) is 71.9 Å². The highest BCUT2D eigenvalue weighted by Gasteiger charge is 2.49. The molecule has 3 aromatic carbocycles. The van der Waals surface area contributed by atoms with Crippen LogP contribution in [0.3, 0.4) is 0 Å². The number of hydrogen-bond donors (Lipinski definition) is 0. The Balaban J connectivity index is 1.37. The molecular formula is C26H23ClN2O4S2. The number of benzene rings is 3. The quantitative estimate of drug-likeness (QED) is 0.461. The third-order valence-corrected chi connectivity index (χ3v) is 9.53. The Morgan fingerprint density at radius 3 is 2.46 bits per heavy atom. The number of thioether (sulfide) groups is 1. The lowest BCUT2D eigenvalue weighted by Crippen LogP contribution is -2.37. The lowest BCUT2D eigenvalue weighted by Gasteiger charge is -2.24. The number of halogens is 1. The molecule has 35 heavy (non-hydrogen) atoms. The molecule has 0 bridgehead atoms. The number of carbonyl (C=O) groups is 1. The number of fused-ring (bicyclic) bond motifs is 1. The molecule has 0 radical (unpaired) electrons. The van der Waals surface area contributed by atoms with Gasteiger partial charge in [-0.05, 0) is 41.5 Å². The van der Waals surface area contributed by atoms with E-state index in [1.165, 1.54) is 11.8 Å². The maximum Gasteiger partial charge on any atom is 0.252 e. The fourth-order valence-corrected chi connectivity index (χ4v) is 8.39. The van der Waals surface area contributed by atoms with Gasteiger partial charge in [0, 0.05) is 16.0 Å². The van der Waals surface area contributed by atoms with Gasteiger partial charge in [0.25, 0.3) is 5.91 Å².